The molecule has 0 aromatic heterocycles. The monoisotopic (exact) mass is 273 g/mol. The molecule has 0 heterocycles. The van der Waals surface area contributed by atoms with Gasteiger partial charge in [0.15, 0.2) is 0 Å². The van der Waals surface area contributed by atoms with E-state index >= 15 is 0 Å². The number of halogens is 2. The molecule has 1 aliphatic rings. The van der Waals surface area contributed by atoms with Gasteiger partial charge in [-0.25, -0.2) is 8.78 Å². The summed E-state index contributed by atoms with van der Waals surface area (Å²) < 4.78 is 26.7. The van der Waals surface area contributed by atoms with E-state index in [0.29, 0.717) is 11.5 Å². The van der Waals surface area contributed by atoms with Gasteiger partial charge in [-0.05, 0) is 42.0 Å². The maximum Gasteiger partial charge on any atom is 0.133 e. The second-order valence-corrected chi connectivity index (χ2v) is 5.45. The third-order valence-electron chi connectivity index (χ3n) is 4.15. The Hall–Kier alpha value is -1.74. The van der Waals surface area contributed by atoms with Gasteiger partial charge in [0.25, 0.3) is 0 Å². The molecule has 2 aromatic carbocycles. The Morgan fingerprint density at radius 2 is 1.70 bits per heavy atom. The van der Waals surface area contributed by atoms with Crippen LogP contribution in [0.3, 0.4) is 0 Å². The van der Waals surface area contributed by atoms with Gasteiger partial charge in [0.2, 0.25) is 0 Å². The highest BCUT2D eigenvalue weighted by Crippen LogP contribution is 2.34. The minimum Gasteiger partial charge on any atom is -0.327 e. The molecular weight excluding hydrogens is 256 g/mol. The largest absolute Gasteiger partial charge is 0.327 e. The van der Waals surface area contributed by atoms with Gasteiger partial charge in [0.1, 0.15) is 11.6 Å². The van der Waals surface area contributed by atoms with Crippen LogP contribution in [0.15, 0.2) is 42.5 Å². The zero-order valence-electron chi connectivity index (χ0n) is 11.2. The third-order valence-corrected chi connectivity index (χ3v) is 4.15. The summed E-state index contributed by atoms with van der Waals surface area (Å²) in [6.45, 7) is 0. The van der Waals surface area contributed by atoms with Crippen LogP contribution in [0.2, 0.25) is 0 Å². The van der Waals surface area contributed by atoms with Gasteiger partial charge in [0, 0.05) is 17.7 Å². The molecule has 1 fully saturated rings. The molecule has 2 N–H and O–H groups in total. The Balaban J connectivity index is 1.89. The van der Waals surface area contributed by atoms with Crippen molar-refractivity contribution in [2.75, 3.05) is 0 Å². The molecule has 0 amide bonds. The quantitative estimate of drug-likeness (QED) is 0.870. The summed E-state index contributed by atoms with van der Waals surface area (Å²) in [5, 5.41) is 0. The summed E-state index contributed by atoms with van der Waals surface area (Å²) >= 11 is 0. The van der Waals surface area contributed by atoms with Crippen molar-refractivity contribution >= 4 is 0 Å². The highest BCUT2D eigenvalue weighted by molar-refractivity contribution is 5.64. The van der Waals surface area contributed by atoms with Crippen LogP contribution >= 0.6 is 0 Å². The topological polar surface area (TPSA) is 26.0 Å². The third kappa shape index (κ3) is 2.46. The number of nitrogens with two attached hydrogens (primary N) is 1. The van der Waals surface area contributed by atoms with Crippen molar-refractivity contribution in [2.24, 2.45) is 5.73 Å². The molecule has 3 rings (SSSR count). The normalized spacial score (nSPS) is 22.1. The van der Waals surface area contributed by atoms with Crippen LogP contribution in [0, 0.1) is 11.6 Å². The van der Waals surface area contributed by atoms with Crippen molar-refractivity contribution in [3.8, 4) is 11.1 Å². The molecule has 0 aliphatic heterocycles. The van der Waals surface area contributed by atoms with E-state index in [1.54, 1.807) is 0 Å². The van der Waals surface area contributed by atoms with Crippen LogP contribution in [0.1, 0.15) is 30.7 Å². The second-order valence-electron chi connectivity index (χ2n) is 5.45. The lowest BCUT2D eigenvalue weighted by Crippen LogP contribution is -2.22. The molecule has 0 radical (unpaired) electrons. The predicted octanol–water partition coefficient (Wildman–Crippen LogP) is 4.23. The molecule has 1 saturated carbocycles. The summed E-state index contributed by atoms with van der Waals surface area (Å²) in [5.74, 6) is -0.683. The maximum atomic E-state index is 13.7. The second kappa shape index (κ2) is 5.33. The molecule has 0 bridgehead atoms. The van der Waals surface area contributed by atoms with Crippen molar-refractivity contribution in [1.82, 2.24) is 0 Å². The molecule has 2 atom stereocenters. The lowest BCUT2D eigenvalue weighted by molar-refractivity contribution is 0.585. The highest BCUT2D eigenvalue weighted by Gasteiger charge is 2.25. The molecule has 3 heteroatoms. The lowest BCUT2D eigenvalue weighted by Gasteiger charge is -2.16. The molecule has 1 nitrogen and oxygen atoms in total. The summed E-state index contributed by atoms with van der Waals surface area (Å²) in [7, 11) is 0. The molecule has 104 valence electrons. The number of hydrogen-bond donors (Lipinski definition) is 1. The average Bonchev–Trinajstić information content (AvgIpc) is 2.85. The summed E-state index contributed by atoms with van der Waals surface area (Å²) in [5.41, 5.74) is 8.50. The summed E-state index contributed by atoms with van der Waals surface area (Å²) in [6, 6.07) is 11.7. The highest BCUT2D eigenvalue weighted by atomic mass is 19.1. The Labute approximate surface area is 117 Å². The molecule has 0 spiro atoms. The molecule has 0 saturated heterocycles. The van der Waals surface area contributed by atoms with Crippen LogP contribution in [-0.4, -0.2) is 6.04 Å². The first-order chi connectivity index (χ1) is 9.65. The van der Waals surface area contributed by atoms with E-state index in [-0.39, 0.29) is 6.04 Å². The molecule has 1 aliphatic carbocycles. The number of benzene rings is 2. The average molecular weight is 273 g/mol. The van der Waals surface area contributed by atoms with Crippen molar-refractivity contribution in [2.45, 2.75) is 31.2 Å². The van der Waals surface area contributed by atoms with E-state index in [9.17, 15) is 8.78 Å². The standard InChI is InChI=1S/C17H17F2N/c18-13-8-9-14(16(19)10-13)11-4-6-12(7-5-11)15-2-1-3-17(15)20/h4-10,15,17H,1-3,20H2. The molecule has 2 unspecified atom stereocenters. The van der Waals surface area contributed by atoms with Crippen molar-refractivity contribution in [3.63, 3.8) is 0 Å². The lowest BCUT2D eigenvalue weighted by atomic mass is 9.93. The minimum absolute atomic E-state index is 0.225. The Bertz CT molecular complexity index is 607. The maximum absolute atomic E-state index is 13.7. The van der Waals surface area contributed by atoms with Crippen LogP contribution in [-0.2, 0) is 0 Å². The van der Waals surface area contributed by atoms with E-state index < -0.39 is 11.6 Å². The van der Waals surface area contributed by atoms with E-state index in [2.05, 4.69) is 0 Å². The Kier molecular flexibility index (Phi) is 3.53. The number of hydrogen-bond acceptors (Lipinski definition) is 1. The van der Waals surface area contributed by atoms with E-state index in [0.717, 1.165) is 24.5 Å². The van der Waals surface area contributed by atoms with Crippen molar-refractivity contribution in [1.29, 1.82) is 0 Å². The van der Waals surface area contributed by atoms with E-state index in [4.69, 9.17) is 5.73 Å². The van der Waals surface area contributed by atoms with Crippen LogP contribution in [0.4, 0.5) is 8.78 Å². The van der Waals surface area contributed by atoms with Gasteiger partial charge in [0.05, 0.1) is 0 Å². The Morgan fingerprint density at radius 1 is 0.950 bits per heavy atom. The van der Waals surface area contributed by atoms with Gasteiger partial charge >= 0.3 is 0 Å². The summed E-state index contributed by atoms with van der Waals surface area (Å²) in [6.07, 6.45) is 3.35. The fraction of sp³-hybridized carbons (Fsp3) is 0.294. The predicted molar refractivity (Wildman–Crippen MR) is 76.4 cm³/mol. The molecule has 2 aromatic rings. The zero-order chi connectivity index (χ0) is 14.1. The van der Waals surface area contributed by atoms with Crippen LogP contribution in [0.25, 0.3) is 11.1 Å². The summed E-state index contributed by atoms with van der Waals surface area (Å²) in [4.78, 5) is 0. The van der Waals surface area contributed by atoms with Crippen molar-refractivity contribution < 1.29 is 8.78 Å². The fourth-order valence-electron chi connectivity index (χ4n) is 3.04. The van der Waals surface area contributed by atoms with Gasteiger partial charge in [-0.15, -0.1) is 0 Å². The minimum atomic E-state index is -0.556. The van der Waals surface area contributed by atoms with Gasteiger partial charge in [-0.2, -0.15) is 0 Å². The smallest absolute Gasteiger partial charge is 0.133 e. The SMILES string of the molecule is NC1CCCC1c1ccc(-c2ccc(F)cc2F)cc1. The number of rotatable bonds is 2. The first-order valence-electron chi connectivity index (χ1n) is 6.96. The van der Waals surface area contributed by atoms with Crippen LogP contribution < -0.4 is 5.73 Å². The van der Waals surface area contributed by atoms with Gasteiger partial charge < -0.3 is 5.73 Å². The van der Waals surface area contributed by atoms with Gasteiger partial charge in [-0.3, -0.25) is 0 Å². The van der Waals surface area contributed by atoms with Crippen molar-refractivity contribution in [3.05, 3.63) is 59.7 Å². The first kappa shape index (κ1) is 13.3. The van der Waals surface area contributed by atoms with Crippen LogP contribution in [0.5, 0.6) is 0 Å². The Morgan fingerprint density at radius 3 is 2.30 bits per heavy atom. The first-order valence-corrected chi connectivity index (χ1v) is 6.96. The molecular formula is C17H17F2N. The zero-order valence-corrected chi connectivity index (χ0v) is 11.2. The fourth-order valence-corrected chi connectivity index (χ4v) is 3.04. The van der Waals surface area contributed by atoms with E-state index in [1.807, 2.05) is 24.3 Å². The van der Waals surface area contributed by atoms with Gasteiger partial charge in [-0.1, -0.05) is 30.7 Å². The van der Waals surface area contributed by atoms with E-state index in [1.165, 1.54) is 24.1 Å². The molecule has 20 heavy (non-hydrogen) atoms.